The van der Waals surface area contributed by atoms with Gasteiger partial charge in [0.15, 0.2) is 12.6 Å². The van der Waals surface area contributed by atoms with E-state index in [0.29, 0.717) is 30.1 Å². The lowest BCUT2D eigenvalue weighted by molar-refractivity contribution is -0.100. The zero-order chi connectivity index (χ0) is 19.6. The molecule has 0 aliphatic carbocycles. The summed E-state index contributed by atoms with van der Waals surface area (Å²) in [6.07, 6.45) is 2.12. The molecule has 0 bridgehead atoms. The quantitative estimate of drug-likeness (QED) is 0.337. The molecule has 0 amide bonds. The van der Waals surface area contributed by atoms with Crippen LogP contribution in [0, 0.1) is 0 Å². The van der Waals surface area contributed by atoms with Gasteiger partial charge in [-0.1, -0.05) is 43.0 Å². The Hall–Kier alpha value is -2.63. The summed E-state index contributed by atoms with van der Waals surface area (Å²) in [5.41, 5.74) is 2.23. The minimum atomic E-state index is -0.474. The molecule has 2 aromatic carbocycles. The zero-order valence-electron chi connectivity index (χ0n) is 16.0. The first-order valence-corrected chi connectivity index (χ1v) is 8.74. The van der Waals surface area contributed by atoms with Crippen molar-refractivity contribution in [2.24, 2.45) is 0 Å². The van der Waals surface area contributed by atoms with Crippen LogP contribution in [0.5, 0.6) is 11.5 Å². The van der Waals surface area contributed by atoms with Crippen molar-refractivity contribution in [2.75, 3.05) is 14.2 Å². The van der Waals surface area contributed by atoms with E-state index in [1.165, 1.54) is 0 Å². The summed E-state index contributed by atoms with van der Waals surface area (Å²) >= 11 is 0. The van der Waals surface area contributed by atoms with Gasteiger partial charge in [-0.15, -0.1) is 0 Å². The van der Waals surface area contributed by atoms with Gasteiger partial charge in [0, 0.05) is 26.7 Å². The Kier molecular flexibility index (Phi) is 8.04. The van der Waals surface area contributed by atoms with Crippen molar-refractivity contribution >= 4 is 6.29 Å². The summed E-state index contributed by atoms with van der Waals surface area (Å²) in [7, 11) is 3.11. The van der Waals surface area contributed by atoms with E-state index in [0.717, 1.165) is 17.4 Å². The van der Waals surface area contributed by atoms with E-state index in [9.17, 15) is 4.79 Å². The number of rotatable bonds is 11. The summed E-state index contributed by atoms with van der Waals surface area (Å²) < 4.78 is 22.3. The van der Waals surface area contributed by atoms with Gasteiger partial charge in [-0.25, -0.2) is 0 Å². The molecule has 2 aromatic rings. The van der Waals surface area contributed by atoms with E-state index in [1.54, 1.807) is 26.4 Å². The summed E-state index contributed by atoms with van der Waals surface area (Å²) in [5, 5.41) is 0. The topological polar surface area (TPSA) is 54.0 Å². The number of hydrogen-bond donors (Lipinski definition) is 0. The standard InChI is InChI=1S/C22H26O5/c1-5-16(2)27-21-13-19(26-15-17-9-7-6-8-10-17)11-18(20(21)14-23)12-22(24-3)25-4/h5-11,13-14,16,22H,1,12,15H2,2-4H3. The van der Waals surface area contributed by atoms with Gasteiger partial charge in [-0.3, -0.25) is 4.79 Å². The van der Waals surface area contributed by atoms with E-state index in [1.807, 2.05) is 43.3 Å². The number of benzene rings is 2. The molecule has 0 saturated carbocycles. The highest BCUT2D eigenvalue weighted by molar-refractivity contribution is 5.82. The molecule has 0 heterocycles. The Morgan fingerprint density at radius 3 is 2.41 bits per heavy atom. The van der Waals surface area contributed by atoms with E-state index in [4.69, 9.17) is 18.9 Å². The molecule has 0 aliphatic heterocycles. The average Bonchev–Trinajstić information content (AvgIpc) is 2.71. The summed E-state index contributed by atoms with van der Waals surface area (Å²) in [6, 6.07) is 13.4. The van der Waals surface area contributed by atoms with Gasteiger partial charge in [0.25, 0.3) is 0 Å². The van der Waals surface area contributed by atoms with Crippen molar-refractivity contribution < 1.29 is 23.7 Å². The third kappa shape index (κ3) is 5.94. The lowest BCUT2D eigenvalue weighted by Gasteiger charge is -2.19. The predicted octanol–water partition coefficient (Wildman–Crippen LogP) is 4.19. The van der Waals surface area contributed by atoms with Gasteiger partial charge in [0.2, 0.25) is 0 Å². The molecule has 1 unspecified atom stereocenters. The molecule has 27 heavy (non-hydrogen) atoms. The molecule has 0 N–H and O–H groups in total. The lowest BCUT2D eigenvalue weighted by Crippen LogP contribution is -2.18. The number of carbonyl (C=O) groups excluding carboxylic acids is 1. The smallest absolute Gasteiger partial charge is 0.160 e. The molecule has 5 heteroatoms. The third-order valence-corrected chi connectivity index (χ3v) is 4.12. The number of carbonyl (C=O) groups is 1. The molecule has 0 radical (unpaired) electrons. The fourth-order valence-electron chi connectivity index (χ4n) is 2.57. The van der Waals surface area contributed by atoms with Gasteiger partial charge >= 0.3 is 0 Å². The van der Waals surface area contributed by atoms with Crippen molar-refractivity contribution in [1.29, 1.82) is 0 Å². The Balaban J connectivity index is 2.34. The van der Waals surface area contributed by atoms with Crippen molar-refractivity contribution in [3.05, 3.63) is 71.8 Å². The maximum absolute atomic E-state index is 11.7. The van der Waals surface area contributed by atoms with Gasteiger partial charge in [-0.05, 0) is 24.1 Å². The van der Waals surface area contributed by atoms with Gasteiger partial charge in [0.1, 0.15) is 24.2 Å². The number of methoxy groups -OCH3 is 2. The Labute approximate surface area is 160 Å². The predicted molar refractivity (Wildman–Crippen MR) is 104 cm³/mol. The van der Waals surface area contributed by atoms with E-state index >= 15 is 0 Å². The minimum absolute atomic E-state index is 0.249. The largest absolute Gasteiger partial charge is 0.489 e. The molecule has 0 saturated heterocycles. The molecule has 144 valence electrons. The van der Waals surface area contributed by atoms with Crippen LogP contribution < -0.4 is 9.47 Å². The maximum atomic E-state index is 11.7. The molecule has 0 aromatic heterocycles. The Morgan fingerprint density at radius 2 is 1.81 bits per heavy atom. The van der Waals surface area contributed by atoms with Crippen LogP contribution in [0.2, 0.25) is 0 Å². The van der Waals surface area contributed by atoms with Gasteiger partial charge in [0.05, 0.1) is 5.56 Å². The number of aldehydes is 1. The molecule has 0 fully saturated rings. The average molecular weight is 370 g/mol. The van der Waals surface area contributed by atoms with E-state index < -0.39 is 6.29 Å². The number of ether oxygens (including phenoxy) is 4. The first-order valence-electron chi connectivity index (χ1n) is 8.74. The van der Waals surface area contributed by atoms with Crippen LogP contribution in [0.1, 0.15) is 28.4 Å². The fraction of sp³-hybridized carbons (Fsp3) is 0.318. The van der Waals surface area contributed by atoms with E-state index in [-0.39, 0.29) is 6.10 Å². The van der Waals surface area contributed by atoms with Crippen molar-refractivity contribution in [1.82, 2.24) is 0 Å². The van der Waals surface area contributed by atoms with Crippen LogP contribution in [0.15, 0.2) is 55.1 Å². The molecule has 0 aliphatic rings. The van der Waals surface area contributed by atoms with Crippen LogP contribution in [-0.4, -0.2) is 32.9 Å². The van der Waals surface area contributed by atoms with Crippen LogP contribution >= 0.6 is 0 Å². The van der Waals surface area contributed by atoms with E-state index in [2.05, 4.69) is 6.58 Å². The Morgan fingerprint density at radius 1 is 1.11 bits per heavy atom. The first-order chi connectivity index (χ1) is 13.1. The Bertz CT molecular complexity index is 738. The normalized spacial score (nSPS) is 11.9. The SMILES string of the molecule is C=CC(C)Oc1cc(OCc2ccccc2)cc(CC(OC)OC)c1C=O. The molecule has 0 spiro atoms. The molecule has 2 rings (SSSR count). The second-order valence-electron chi connectivity index (χ2n) is 6.05. The number of hydrogen-bond acceptors (Lipinski definition) is 5. The second-order valence-corrected chi connectivity index (χ2v) is 6.05. The molecule has 1 atom stereocenters. The summed E-state index contributed by atoms with van der Waals surface area (Å²) in [4.78, 5) is 11.7. The van der Waals surface area contributed by atoms with Gasteiger partial charge in [-0.2, -0.15) is 0 Å². The summed E-state index contributed by atoms with van der Waals surface area (Å²) in [6.45, 7) is 5.99. The fourth-order valence-corrected chi connectivity index (χ4v) is 2.57. The molecular weight excluding hydrogens is 344 g/mol. The maximum Gasteiger partial charge on any atom is 0.160 e. The minimum Gasteiger partial charge on any atom is -0.489 e. The molecule has 5 nitrogen and oxygen atoms in total. The molecular formula is C22H26O5. The van der Waals surface area contributed by atoms with Crippen LogP contribution in [-0.2, 0) is 22.5 Å². The highest BCUT2D eigenvalue weighted by Gasteiger charge is 2.18. The van der Waals surface area contributed by atoms with Crippen LogP contribution in [0.4, 0.5) is 0 Å². The first kappa shape index (κ1) is 20.7. The van der Waals surface area contributed by atoms with Crippen LogP contribution in [0.25, 0.3) is 0 Å². The zero-order valence-corrected chi connectivity index (χ0v) is 16.0. The van der Waals surface area contributed by atoms with Crippen molar-refractivity contribution in [3.8, 4) is 11.5 Å². The van der Waals surface area contributed by atoms with Crippen molar-refractivity contribution in [3.63, 3.8) is 0 Å². The highest BCUT2D eigenvalue weighted by Crippen LogP contribution is 2.30. The third-order valence-electron chi connectivity index (χ3n) is 4.12. The monoisotopic (exact) mass is 370 g/mol. The summed E-state index contributed by atoms with van der Waals surface area (Å²) in [5.74, 6) is 1.06. The van der Waals surface area contributed by atoms with Gasteiger partial charge < -0.3 is 18.9 Å². The van der Waals surface area contributed by atoms with Crippen molar-refractivity contribution in [2.45, 2.75) is 32.3 Å². The highest BCUT2D eigenvalue weighted by atomic mass is 16.7. The van der Waals surface area contributed by atoms with Crippen LogP contribution in [0.3, 0.4) is 0 Å². The second kappa shape index (κ2) is 10.5. The lowest BCUT2D eigenvalue weighted by atomic mass is 10.0.